The molecule has 1 saturated carbocycles. The van der Waals surface area contributed by atoms with Gasteiger partial charge in [0.05, 0.1) is 15.2 Å². The summed E-state index contributed by atoms with van der Waals surface area (Å²) in [6.45, 7) is 2.35. The fourth-order valence-electron chi connectivity index (χ4n) is 3.00. The molecule has 2 aromatic rings. The summed E-state index contributed by atoms with van der Waals surface area (Å²) in [5.41, 5.74) is 7.88. The van der Waals surface area contributed by atoms with Crippen LogP contribution in [0.5, 0.6) is 0 Å². The van der Waals surface area contributed by atoms with Crippen molar-refractivity contribution in [2.45, 2.75) is 45.1 Å². The van der Waals surface area contributed by atoms with Crippen LogP contribution in [0.3, 0.4) is 0 Å². The number of thiazole rings is 1. The zero-order valence-corrected chi connectivity index (χ0v) is 11.7. The molecule has 18 heavy (non-hydrogen) atoms. The standard InChI is InChI=1S/C15H20N2S/c1-15(8-4-5-9-15)13(16)10-14-17-11-6-2-3-7-12(11)18-14/h2-3,6-7,13H,4-5,8-10,16H2,1H3. The van der Waals surface area contributed by atoms with Gasteiger partial charge >= 0.3 is 0 Å². The monoisotopic (exact) mass is 260 g/mol. The van der Waals surface area contributed by atoms with Crippen molar-refractivity contribution in [3.8, 4) is 0 Å². The SMILES string of the molecule is CC1(C(N)Cc2nc3ccccc3s2)CCCC1. The fraction of sp³-hybridized carbons (Fsp3) is 0.533. The van der Waals surface area contributed by atoms with Gasteiger partial charge in [-0.3, -0.25) is 0 Å². The van der Waals surface area contributed by atoms with Crippen molar-refractivity contribution in [2.75, 3.05) is 0 Å². The zero-order chi connectivity index (χ0) is 12.6. The number of hydrogen-bond acceptors (Lipinski definition) is 3. The van der Waals surface area contributed by atoms with Gasteiger partial charge in [0.25, 0.3) is 0 Å². The normalized spacial score (nSPS) is 20.3. The van der Waals surface area contributed by atoms with E-state index < -0.39 is 0 Å². The molecule has 96 valence electrons. The molecule has 0 aliphatic heterocycles. The van der Waals surface area contributed by atoms with E-state index in [1.165, 1.54) is 35.4 Å². The Morgan fingerprint density at radius 2 is 2.06 bits per heavy atom. The molecule has 0 radical (unpaired) electrons. The van der Waals surface area contributed by atoms with Crippen LogP contribution >= 0.6 is 11.3 Å². The van der Waals surface area contributed by atoms with E-state index in [1.54, 1.807) is 11.3 Å². The van der Waals surface area contributed by atoms with Gasteiger partial charge in [-0.05, 0) is 30.4 Å². The van der Waals surface area contributed by atoms with Gasteiger partial charge < -0.3 is 5.73 Å². The molecule has 1 aliphatic carbocycles. The van der Waals surface area contributed by atoms with Gasteiger partial charge in [-0.15, -0.1) is 11.3 Å². The largest absolute Gasteiger partial charge is 0.327 e. The lowest BCUT2D eigenvalue weighted by Crippen LogP contribution is -2.39. The van der Waals surface area contributed by atoms with Gasteiger partial charge in [-0.25, -0.2) is 4.98 Å². The highest BCUT2D eigenvalue weighted by atomic mass is 32.1. The third-order valence-electron chi connectivity index (χ3n) is 4.37. The minimum Gasteiger partial charge on any atom is -0.327 e. The summed E-state index contributed by atoms with van der Waals surface area (Å²) in [6, 6.07) is 8.59. The highest BCUT2D eigenvalue weighted by Gasteiger charge is 2.35. The van der Waals surface area contributed by atoms with Gasteiger partial charge in [0.1, 0.15) is 0 Å². The summed E-state index contributed by atoms with van der Waals surface area (Å²) in [6.07, 6.45) is 6.15. The van der Waals surface area contributed by atoms with Crippen molar-refractivity contribution >= 4 is 21.6 Å². The van der Waals surface area contributed by atoms with Crippen LogP contribution in [0.15, 0.2) is 24.3 Å². The van der Waals surface area contributed by atoms with E-state index in [4.69, 9.17) is 10.7 Å². The molecule has 1 unspecified atom stereocenters. The molecular weight excluding hydrogens is 240 g/mol. The van der Waals surface area contributed by atoms with E-state index in [0.717, 1.165) is 11.9 Å². The van der Waals surface area contributed by atoms with Crippen LogP contribution in [-0.2, 0) is 6.42 Å². The van der Waals surface area contributed by atoms with Gasteiger partial charge in [-0.2, -0.15) is 0 Å². The lowest BCUT2D eigenvalue weighted by molar-refractivity contribution is 0.260. The Kier molecular flexibility index (Phi) is 3.12. The summed E-state index contributed by atoms with van der Waals surface area (Å²) in [5, 5.41) is 1.19. The highest BCUT2D eigenvalue weighted by Crippen LogP contribution is 2.41. The van der Waals surface area contributed by atoms with Crippen LogP contribution in [0.25, 0.3) is 10.2 Å². The molecule has 1 atom stereocenters. The molecule has 1 fully saturated rings. The first kappa shape index (κ1) is 12.1. The predicted octanol–water partition coefficient (Wildman–Crippen LogP) is 3.75. The second-order valence-corrected chi connectivity index (χ2v) is 6.86. The Morgan fingerprint density at radius 3 is 2.78 bits per heavy atom. The first-order chi connectivity index (χ1) is 8.67. The maximum absolute atomic E-state index is 6.43. The van der Waals surface area contributed by atoms with Crippen LogP contribution in [0, 0.1) is 5.41 Å². The Morgan fingerprint density at radius 1 is 1.33 bits per heavy atom. The van der Waals surface area contributed by atoms with E-state index in [-0.39, 0.29) is 6.04 Å². The fourth-order valence-corrected chi connectivity index (χ4v) is 4.02. The minimum absolute atomic E-state index is 0.251. The first-order valence-corrected chi connectivity index (χ1v) is 7.59. The number of benzene rings is 1. The van der Waals surface area contributed by atoms with Gasteiger partial charge in [0, 0.05) is 12.5 Å². The summed E-state index contributed by atoms with van der Waals surface area (Å²) in [7, 11) is 0. The van der Waals surface area contributed by atoms with E-state index in [2.05, 4.69) is 25.1 Å². The molecule has 1 aromatic heterocycles. The molecule has 3 heteroatoms. The van der Waals surface area contributed by atoms with Gasteiger partial charge in [0.15, 0.2) is 0 Å². The van der Waals surface area contributed by atoms with Gasteiger partial charge in [0.2, 0.25) is 0 Å². The van der Waals surface area contributed by atoms with Crippen molar-refractivity contribution in [3.05, 3.63) is 29.3 Å². The average Bonchev–Trinajstić information content (AvgIpc) is 2.95. The summed E-state index contributed by atoms with van der Waals surface area (Å²) < 4.78 is 1.27. The summed E-state index contributed by atoms with van der Waals surface area (Å²) in [5.74, 6) is 0. The quantitative estimate of drug-likeness (QED) is 0.913. The van der Waals surface area contributed by atoms with Crippen molar-refractivity contribution in [1.29, 1.82) is 0 Å². The molecule has 0 bridgehead atoms. The molecule has 3 rings (SSSR count). The molecule has 1 aliphatic rings. The molecule has 1 aromatic carbocycles. The molecule has 2 N–H and O–H groups in total. The number of para-hydroxylation sites is 1. The number of nitrogens with two attached hydrogens (primary N) is 1. The predicted molar refractivity (Wildman–Crippen MR) is 77.9 cm³/mol. The summed E-state index contributed by atoms with van der Waals surface area (Å²) in [4.78, 5) is 4.69. The van der Waals surface area contributed by atoms with Crippen molar-refractivity contribution in [1.82, 2.24) is 4.98 Å². The lowest BCUT2D eigenvalue weighted by Gasteiger charge is -2.30. The topological polar surface area (TPSA) is 38.9 Å². The molecule has 2 nitrogen and oxygen atoms in total. The average molecular weight is 260 g/mol. The number of hydrogen-bond donors (Lipinski definition) is 1. The molecular formula is C15H20N2S. The zero-order valence-electron chi connectivity index (χ0n) is 10.9. The third-order valence-corrected chi connectivity index (χ3v) is 5.43. The Hall–Kier alpha value is -0.930. The second kappa shape index (κ2) is 4.63. The molecule has 0 spiro atoms. The van der Waals surface area contributed by atoms with E-state index in [0.29, 0.717) is 5.41 Å². The van der Waals surface area contributed by atoms with E-state index in [1.807, 2.05) is 6.07 Å². The first-order valence-electron chi connectivity index (χ1n) is 6.77. The smallest absolute Gasteiger partial charge is 0.0954 e. The number of nitrogens with zero attached hydrogens (tertiary/aromatic N) is 1. The van der Waals surface area contributed by atoms with Crippen LogP contribution in [0.4, 0.5) is 0 Å². The lowest BCUT2D eigenvalue weighted by atomic mass is 9.80. The maximum Gasteiger partial charge on any atom is 0.0954 e. The minimum atomic E-state index is 0.251. The van der Waals surface area contributed by atoms with E-state index >= 15 is 0 Å². The van der Waals surface area contributed by atoms with Crippen molar-refractivity contribution in [3.63, 3.8) is 0 Å². The molecule has 1 heterocycles. The van der Waals surface area contributed by atoms with Crippen molar-refractivity contribution in [2.24, 2.45) is 11.1 Å². The van der Waals surface area contributed by atoms with Gasteiger partial charge in [-0.1, -0.05) is 31.9 Å². The number of fused-ring (bicyclic) bond motifs is 1. The van der Waals surface area contributed by atoms with Crippen LogP contribution in [-0.4, -0.2) is 11.0 Å². The van der Waals surface area contributed by atoms with E-state index in [9.17, 15) is 0 Å². The Labute approximate surface area is 112 Å². The summed E-state index contributed by atoms with van der Waals surface area (Å²) >= 11 is 1.79. The third kappa shape index (κ3) is 2.17. The number of aromatic nitrogens is 1. The molecule has 0 saturated heterocycles. The van der Waals surface area contributed by atoms with Crippen LogP contribution < -0.4 is 5.73 Å². The second-order valence-electron chi connectivity index (χ2n) is 5.75. The Balaban J connectivity index is 1.79. The highest BCUT2D eigenvalue weighted by molar-refractivity contribution is 7.18. The molecule has 0 amide bonds. The maximum atomic E-state index is 6.43. The van der Waals surface area contributed by atoms with Crippen molar-refractivity contribution < 1.29 is 0 Å². The number of rotatable bonds is 3. The van der Waals surface area contributed by atoms with Crippen LogP contribution in [0.1, 0.15) is 37.6 Å². The van der Waals surface area contributed by atoms with Crippen LogP contribution in [0.2, 0.25) is 0 Å². The Bertz CT molecular complexity index is 507.